The van der Waals surface area contributed by atoms with Crippen LogP contribution in [0.15, 0.2) is 0 Å². The van der Waals surface area contributed by atoms with Crippen molar-refractivity contribution in [2.24, 2.45) is 5.92 Å². The van der Waals surface area contributed by atoms with Gasteiger partial charge in [0.05, 0.1) is 21.7 Å². The third-order valence-electron chi connectivity index (χ3n) is 2.94. The minimum Gasteiger partial charge on any atom is -0.388 e. The Morgan fingerprint density at radius 2 is 2.29 bits per heavy atom. The van der Waals surface area contributed by atoms with E-state index >= 15 is 0 Å². The highest BCUT2D eigenvalue weighted by Crippen LogP contribution is 2.33. The van der Waals surface area contributed by atoms with Gasteiger partial charge in [-0.2, -0.15) is 0 Å². The summed E-state index contributed by atoms with van der Waals surface area (Å²) in [4.78, 5) is 5.55. The Kier molecular flexibility index (Phi) is 2.88. The number of thiazole rings is 1. The molecule has 0 aromatic carbocycles. The molecule has 0 saturated heterocycles. The summed E-state index contributed by atoms with van der Waals surface area (Å²) in [6, 6.07) is 0. The number of hydrogen-bond donors (Lipinski definition) is 1. The molecule has 1 atom stereocenters. The first-order chi connectivity index (χ1) is 6.66. The number of aryl methyl sites for hydroxylation is 1. The Hall–Kier alpha value is -0.410. The number of aromatic nitrogens is 1. The molecule has 3 heteroatoms. The van der Waals surface area contributed by atoms with E-state index in [4.69, 9.17) is 0 Å². The molecule has 0 radical (unpaired) electrons. The molecule has 0 bridgehead atoms. The molecule has 0 aliphatic heterocycles. The van der Waals surface area contributed by atoms with Crippen molar-refractivity contribution in [2.75, 3.05) is 0 Å². The minimum atomic E-state index is -0.359. The van der Waals surface area contributed by atoms with Crippen LogP contribution in [0.5, 0.6) is 0 Å². The van der Waals surface area contributed by atoms with Crippen LogP contribution in [0.25, 0.3) is 0 Å². The predicted octanol–water partition coefficient (Wildman–Crippen LogP) is 2.85. The molecule has 1 unspecified atom stereocenters. The lowest BCUT2D eigenvalue weighted by Crippen LogP contribution is -2.13. The van der Waals surface area contributed by atoms with E-state index < -0.39 is 0 Å². The highest BCUT2D eigenvalue weighted by Gasteiger charge is 2.20. The van der Waals surface area contributed by atoms with Gasteiger partial charge < -0.3 is 5.11 Å². The largest absolute Gasteiger partial charge is 0.388 e. The molecular formula is C11H17NOS. The predicted molar refractivity (Wildman–Crippen MR) is 58.5 cm³/mol. The van der Waals surface area contributed by atoms with E-state index in [9.17, 15) is 5.11 Å². The zero-order chi connectivity index (χ0) is 10.1. The molecule has 2 nitrogen and oxygen atoms in total. The van der Waals surface area contributed by atoms with Crippen molar-refractivity contribution in [3.8, 4) is 0 Å². The van der Waals surface area contributed by atoms with E-state index in [1.807, 2.05) is 13.8 Å². The van der Waals surface area contributed by atoms with E-state index in [1.54, 1.807) is 11.3 Å². The van der Waals surface area contributed by atoms with Crippen LogP contribution in [0.1, 0.15) is 47.9 Å². The Balaban J connectivity index is 2.07. The smallest absolute Gasteiger partial charge is 0.0934 e. The normalized spacial score (nSPS) is 19.4. The average molecular weight is 211 g/mol. The van der Waals surface area contributed by atoms with E-state index in [0.29, 0.717) is 0 Å². The number of rotatable bonds is 3. The monoisotopic (exact) mass is 211 g/mol. The van der Waals surface area contributed by atoms with Gasteiger partial charge >= 0.3 is 0 Å². The zero-order valence-electron chi connectivity index (χ0n) is 8.79. The zero-order valence-corrected chi connectivity index (χ0v) is 9.60. The maximum Gasteiger partial charge on any atom is 0.0934 e. The lowest BCUT2D eigenvalue weighted by molar-refractivity contribution is 0.202. The summed E-state index contributed by atoms with van der Waals surface area (Å²) in [5, 5.41) is 10.7. The molecule has 1 aliphatic carbocycles. The van der Waals surface area contributed by atoms with Crippen molar-refractivity contribution in [1.82, 2.24) is 4.98 Å². The van der Waals surface area contributed by atoms with Crippen LogP contribution < -0.4 is 0 Å². The fourth-order valence-corrected chi connectivity index (χ4v) is 3.00. The van der Waals surface area contributed by atoms with Crippen LogP contribution in [0.2, 0.25) is 0 Å². The van der Waals surface area contributed by atoms with Gasteiger partial charge in [0.2, 0.25) is 0 Å². The third kappa shape index (κ3) is 1.98. The van der Waals surface area contributed by atoms with Gasteiger partial charge in [0.1, 0.15) is 0 Å². The molecule has 1 fully saturated rings. The number of nitrogens with zero attached hydrogens (tertiary/aromatic N) is 1. The topological polar surface area (TPSA) is 33.1 Å². The van der Waals surface area contributed by atoms with Gasteiger partial charge in [-0.3, -0.25) is 0 Å². The summed E-state index contributed by atoms with van der Waals surface area (Å²) in [5.74, 6) is 0.863. The first-order valence-corrected chi connectivity index (χ1v) is 6.12. The van der Waals surface area contributed by atoms with Crippen molar-refractivity contribution in [3.63, 3.8) is 0 Å². The van der Waals surface area contributed by atoms with Crippen LogP contribution >= 0.6 is 11.3 Å². The van der Waals surface area contributed by atoms with Crippen LogP contribution in [0.3, 0.4) is 0 Å². The lowest BCUT2D eigenvalue weighted by atomic mass is 9.83. The summed E-state index contributed by atoms with van der Waals surface area (Å²) in [7, 11) is 0. The molecule has 14 heavy (non-hydrogen) atoms. The van der Waals surface area contributed by atoms with Crippen molar-refractivity contribution in [1.29, 1.82) is 0 Å². The van der Waals surface area contributed by atoms with Gasteiger partial charge in [-0.1, -0.05) is 19.3 Å². The van der Waals surface area contributed by atoms with Gasteiger partial charge in [-0.15, -0.1) is 11.3 Å². The van der Waals surface area contributed by atoms with E-state index in [0.717, 1.165) is 22.9 Å². The van der Waals surface area contributed by atoms with Crippen LogP contribution in [0, 0.1) is 12.8 Å². The molecule has 1 aromatic heterocycles. The second-order valence-electron chi connectivity index (χ2n) is 4.23. The second-order valence-corrected chi connectivity index (χ2v) is 5.35. The fourth-order valence-electron chi connectivity index (χ4n) is 1.88. The van der Waals surface area contributed by atoms with Gasteiger partial charge in [-0.25, -0.2) is 4.98 Å². The highest BCUT2D eigenvalue weighted by molar-refractivity contribution is 7.11. The number of hydrogen-bond acceptors (Lipinski definition) is 3. The SMILES string of the molecule is Cc1nc(CC2CCC2)sc1C(C)O. The maximum atomic E-state index is 9.49. The highest BCUT2D eigenvalue weighted by atomic mass is 32.1. The van der Waals surface area contributed by atoms with Gasteiger partial charge in [-0.05, 0) is 19.8 Å². The summed E-state index contributed by atoms with van der Waals surface area (Å²) < 4.78 is 0. The first kappa shape index (κ1) is 10.1. The van der Waals surface area contributed by atoms with Gasteiger partial charge in [0, 0.05) is 6.42 Å². The van der Waals surface area contributed by atoms with Crippen LogP contribution in [0.4, 0.5) is 0 Å². The molecule has 1 N–H and O–H groups in total. The summed E-state index contributed by atoms with van der Waals surface area (Å²) in [6.45, 7) is 3.80. The average Bonchev–Trinajstić information content (AvgIpc) is 2.39. The Morgan fingerprint density at radius 1 is 1.57 bits per heavy atom. The van der Waals surface area contributed by atoms with Crippen molar-refractivity contribution >= 4 is 11.3 Å². The summed E-state index contributed by atoms with van der Waals surface area (Å²) in [6.07, 6.45) is 4.88. The van der Waals surface area contributed by atoms with Crippen LogP contribution in [-0.2, 0) is 6.42 Å². The Morgan fingerprint density at radius 3 is 2.71 bits per heavy atom. The third-order valence-corrected chi connectivity index (χ3v) is 4.29. The molecule has 1 saturated carbocycles. The molecule has 78 valence electrons. The lowest BCUT2D eigenvalue weighted by Gasteiger charge is -2.23. The van der Waals surface area contributed by atoms with E-state index in [-0.39, 0.29) is 6.10 Å². The Bertz CT molecular complexity index is 315. The molecule has 1 aliphatic rings. The maximum absolute atomic E-state index is 9.49. The minimum absolute atomic E-state index is 0.359. The molecular weight excluding hydrogens is 194 g/mol. The fraction of sp³-hybridized carbons (Fsp3) is 0.727. The number of aliphatic hydroxyl groups excluding tert-OH is 1. The van der Waals surface area contributed by atoms with Crippen molar-refractivity contribution in [2.45, 2.75) is 45.6 Å². The van der Waals surface area contributed by atoms with Crippen molar-refractivity contribution in [3.05, 3.63) is 15.6 Å². The first-order valence-electron chi connectivity index (χ1n) is 5.31. The van der Waals surface area contributed by atoms with Crippen LogP contribution in [-0.4, -0.2) is 10.1 Å². The van der Waals surface area contributed by atoms with Crippen molar-refractivity contribution < 1.29 is 5.11 Å². The number of aliphatic hydroxyl groups is 1. The molecule has 1 heterocycles. The molecule has 1 aromatic rings. The van der Waals surface area contributed by atoms with Gasteiger partial charge in [0.25, 0.3) is 0 Å². The summed E-state index contributed by atoms with van der Waals surface area (Å²) >= 11 is 1.68. The quantitative estimate of drug-likeness (QED) is 0.834. The standard InChI is InChI=1S/C11H17NOS/c1-7-11(8(2)13)14-10(12-7)6-9-4-3-5-9/h8-9,13H,3-6H2,1-2H3. The van der Waals surface area contributed by atoms with Gasteiger partial charge in [0.15, 0.2) is 0 Å². The van der Waals surface area contributed by atoms with E-state index in [2.05, 4.69) is 4.98 Å². The second kappa shape index (κ2) is 3.99. The summed E-state index contributed by atoms with van der Waals surface area (Å²) in [5.41, 5.74) is 1.01. The van der Waals surface area contributed by atoms with E-state index in [1.165, 1.54) is 24.3 Å². The molecule has 0 spiro atoms. The molecule has 2 rings (SSSR count). The Labute approximate surface area is 89.0 Å². The molecule has 0 amide bonds.